The van der Waals surface area contributed by atoms with Gasteiger partial charge in [0.25, 0.3) is 0 Å². The van der Waals surface area contributed by atoms with Crippen LogP contribution >= 0.6 is 0 Å². The quantitative estimate of drug-likeness (QED) is 0.295. The minimum Gasteiger partial charge on any atom is -0.511 e. The van der Waals surface area contributed by atoms with E-state index >= 15 is 0 Å². The van der Waals surface area contributed by atoms with Crippen molar-refractivity contribution in [3.05, 3.63) is 11.3 Å². The number of methoxy groups -OCH3 is 3. The van der Waals surface area contributed by atoms with Gasteiger partial charge in [-0.3, -0.25) is 4.79 Å². The zero-order chi connectivity index (χ0) is 27.7. The molecule has 1 N–H and O–H groups in total. The van der Waals surface area contributed by atoms with Crippen LogP contribution in [-0.2, 0) is 28.5 Å². The molecule has 0 amide bonds. The van der Waals surface area contributed by atoms with E-state index in [1.807, 2.05) is 0 Å². The van der Waals surface area contributed by atoms with Gasteiger partial charge in [-0.15, -0.1) is 0 Å². The Bertz CT molecular complexity index is 930. The van der Waals surface area contributed by atoms with Crippen LogP contribution in [0.1, 0.15) is 72.1 Å². The Hall–Kier alpha value is -1.66. The highest BCUT2D eigenvalue weighted by atomic mass is 16.7. The van der Waals surface area contributed by atoms with Gasteiger partial charge in [-0.25, -0.2) is 0 Å². The lowest BCUT2D eigenvalue weighted by Crippen LogP contribution is -2.62. The van der Waals surface area contributed by atoms with Crippen LogP contribution in [0, 0.1) is 57.7 Å². The molecule has 0 aliphatic heterocycles. The predicted octanol–water partition coefficient (Wildman–Crippen LogP) is 5.38. The molecule has 0 saturated heterocycles. The fraction of sp³-hybridized carbons (Fsp3) is 0.867. The van der Waals surface area contributed by atoms with Crippen molar-refractivity contribution in [3.8, 4) is 6.07 Å². The van der Waals surface area contributed by atoms with Crippen molar-refractivity contribution in [3.63, 3.8) is 0 Å². The standard InChI is InChI=1S/C30H47NO7/c1-18(7-10-27(33)36-6)21-8-9-22-28-23(13-26(30(21,22)3)38-17-35-5)29(2)14-19(15-31)24(32)11-20(29)12-25(28)37-16-34-4/h18,20-23,25-26,28,32H,7-14,16-17H2,1-6H3/t18-,20+,21-,22+,23+,25-,26+,28+,29+,30-/m1/s1. The first-order chi connectivity index (χ1) is 18.1. The van der Waals surface area contributed by atoms with Crippen molar-refractivity contribution in [2.45, 2.75) is 84.3 Å². The SMILES string of the molecule is COCO[C@H]1C[C@H]2[C@@H]([C@H](OCOC)C[C@@H]3CC(O)=C(C#N)C[C@@]32C)[C@@H]2CC[C@H]([C@H](C)CCC(=O)OC)[C@@]12C. The molecule has 0 spiro atoms. The molecule has 0 aromatic heterocycles. The van der Waals surface area contributed by atoms with Crippen LogP contribution in [0.5, 0.6) is 0 Å². The third-order valence-corrected chi connectivity index (χ3v) is 11.2. The maximum atomic E-state index is 11.9. The van der Waals surface area contributed by atoms with Gasteiger partial charge in [0.1, 0.15) is 19.3 Å². The summed E-state index contributed by atoms with van der Waals surface area (Å²) in [6.45, 7) is 7.48. The average molecular weight is 534 g/mol. The topological polar surface area (TPSA) is 107 Å². The third-order valence-electron chi connectivity index (χ3n) is 11.2. The molecule has 4 aliphatic carbocycles. The van der Waals surface area contributed by atoms with Crippen molar-refractivity contribution >= 4 is 5.97 Å². The summed E-state index contributed by atoms with van der Waals surface area (Å²) in [6, 6.07) is 2.29. The lowest BCUT2D eigenvalue weighted by Gasteiger charge is -2.64. The summed E-state index contributed by atoms with van der Waals surface area (Å²) in [5.74, 6) is 2.02. The second-order valence-corrected chi connectivity index (χ2v) is 12.7. The number of ether oxygens (including phenoxy) is 5. The molecular weight excluding hydrogens is 486 g/mol. The zero-order valence-electron chi connectivity index (χ0n) is 24.0. The molecule has 0 heterocycles. The molecule has 0 bridgehead atoms. The first kappa shape index (κ1) is 29.3. The van der Waals surface area contributed by atoms with E-state index in [9.17, 15) is 15.2 Å². The van der Waals surface area contributed by atoms with Crippen LogP contribution in [0.15, 0.2) is 11.3 Å². The van der Waals surface area contributed by atoms with E-state index in [4.69, 9.17) is 23.7 Å². The van der Waals surface area contributed by atoms with E-state index in [1.54, 1.807) is 14.2 Å². The number of hydrogen-bond donors (Lipinski definition) is 1. The Kier molecular flexibility index (Phi) is 9.13. The molecule has 3 saturated carbocycles. The molecule has 10 atom stereocenters. The Labute approximate surface area is 228 Å². The van der Waals surface area contributed by atoms with Crippen molar-refractivity contribution < 1.29 is 33.6 Å². The van der Waals surface area contributed by atoms with E-state index in [2.05, 4.69) is 26.8 Å². The molecule has 0 aromatic rings. The molecule has 8 heteroatoms. The van der Waals surface area contributed by atoms with Crippen LogP contribution in [0.25, 0.3) is 0 Å². The molecule has 4 rings (SSSR count). The zero-order valence-corrected chi connectivity index (χ0v) is 24.0. The fourth-order valence-electron chi connectivity index (χ4n) is 9.31. The van der Waals surface area contributed by atoms with Gasteiger partial charge in [0.2, 0.25) is 0 Å². The highest BCUT2D eigenvalue weighted by Crippen LogP contribution is 2.69. The van der Waals surface area contributed by atoms with Crippen LogP contribution in [0.3, 0.4) is 0 Å². The van der Waals surface area contributed by atoms with E-state index in [-0.39, 0.29) is 60.2 Å². The monoisotopic (exact) mass is 533 g/mol. The fourth-order valence-corrected chi connectivity index (χ4v) is 9.31. The highest BCUT2D eigenvalue weighted by molar-refractivity contribution is 5.69. The van der Waals surface area contributed by atoms with Crippen molar-refractivity contribution in [1.82, 2.24) is 0 Å². The first-order valence-electron chi connectivity index (χ1n) is 14.2. The molecule has 4 aliphatic rings. The van der Waals surface area contributed by atoms with E-state index in [1.165, 1.54) is 7.11 Å². The molecule has 3 fully saturated rings. The molecule has 0 radical (unpaired) electrons. The van der Waals surface area contributed by atoms with E-state index in [0.717, 1.165) is 32.1 Å². The normalized spacial score (nSPS) is 41.0. The smallest absolute Gasteiger partial charge is 0.305 e. The second-order valence-electron chi connectivity index (χ2n) is 12.7. The lowest BCUT2D eigenvalue weighted by atomic mass is 9.43. The number of fused-ring (bicyclic) bond motifs is 5. The summed E-state index contributed by atoms with van der Waals surface area (Å²) in [4.78, 5) is 11.9. The summed E-state index contributed by atoms with van der Waals surface area (Å²) in [6.07, 6.45) is 6.23. The Morgan fingerprint density at radius 1 is 1.11 bits per heavy atom. The molecule has 214 valence electrons. The lowest BCUT2D eigenvalue weighted by molar-refractivity contribution is -0.240. The minimum atomic E-state index is -0.159. The van der Waals surface area contributed by atoms with Gasteiger partial charge in [0, 0.05) is 32.5 Å². The Balaban J connectivity index is 1.72. The average Bonchev–Trinajstić information content (AvgIpc) is 3.27. The van der Waals surface area contributed by atoms with Gasteiger partial charge >= 0.3 is 5.97 Å². The molecular formula is C30H47NO7. The summed E-state index contributed by atoms with van der Waals surface area (Å²) < 4.78 is 28.7. The van der Waals surface area contributed by atoms with Crippen LogP contribution < -0.4 is 0 Å². The molecule has 8 nitrogen and oxygen atoms in total. The van der Waals surface area contributed by atoms with Gasteiger partial charge in [-0.2, -0.15) is 5.26 Å². The first-order valence-corrected chi connectivity index (χ1v) is 14.2. The molecule has 0 aromatic carbocycles. The van der Waals surface area contributed by atoms with Crippen molar-refractivity contribution in [1.29, 1.82) is 5.26 Å². The number of hydrogen-bond acceptors (Lipinski definition) is 8. The number of carbonyl (C=O) groups is 1. The number of esters is 1. The van der Waals surface area contributed by atoms with Gasteiger partial charge in [-0.1, -0.05) is 20.8 Å². The number of rotatable bonds is 10. The van der Waals surface area contributed by atoms with Gasteiger partial charge in [0.05, 0.1) is 31.0 Å². The molecule has 0 unspecified atom stereocenters. The van der Waals surface area contributed by atoms with E-state index in [0.29, 0.717) is 48.5 Å². The summed E-state index contributed by atoms with van der Waals surface area (Å²) in [5.41, 5.74) is 0.305. The Morgan fingerprint density at radius 3 is 2.47 bits per heavy atom. The number of aliphatic hydroxyl groups excluding tert-OH is 1. The largest absolute Gasteiger partial charge is 0.511 e. The van der Waals surface area contributed by atoms with Crippen molar-refractivity contribution in [2.75, 3.05) is 34.9 Å². The number of aliphatic hydroxyl groups is 1. The van der Waals surface area contributed by atoms with E-state index < -0.39 is 0 Å². The van der Waals surface area contributed by atoms with Crippen LogP contribution in [0.4, 0.5) is 0 Å². The maximum absolute atomic E-state index is 11.9. The minimum absolute atomic E-state index is 0.00883. The van der Waals surface area contributed by atoms with Gasteiger partial charge in [-0.05, 0) is 79.4 Å². The number of allylic oxidation sites excluding steroid dienone is 2. The number of carbonyl (C=O) groups excluding carboxylic acids is 1. The Morgan fingerprint density at radius 2 is 1.82 bits per heavy atom. The number of nitriles is 1. The van der Waals surface area contributed by atoms with Crippen LogP contribution in [0.2, 0.25) is 0 Å². The maximum Gasteiger partial charge on any atom is 0.305 e. The number of nitrogens with zero attached hydrogens (tertiary/aromatic N) is 1. The van der Waals surface area contributed by atoms with Crippen molar-refractivity contribution in [2.24, 2.45) is 46.3 Å². The highest BCUT2D eigenvalue weighted by Gasteiger charge is 2.66. The summed E-state index contributed by atoms with van der Waals surface area (Å²) >= 11 is 0. The predicted molar refractivity (Wildman–Crippen MR) is 141 cm³/mol. The van der Waals surface area contributed by atoms with Crippen LogP contribution in [-0.4, -0.2) is 58.2 Å². The summed E-state index contributed by atoms with van der Waals surface area (Å²) in [7, 11) is 4.77. The van der Waals surface area contributed by atoms with Gasteiger partial charge in [0.15, 0.2) is 0 Å². The molecule has 38 heavy (non-hydrogen) atoms. The van der Waals surface area contributed by atoms with Gasteiger partial charge < -0.3 is 28.8 Å². The second kappa shape index (κ2) is 11.8. The summed E-state index contributed by atoms with van der Waals surface area (Å²) in [5, 5.41) is 20.5. The third kappa shape index (κ3) is 5.00.